The average molecular weight is 317 g/mol. The highest BCUT2D eigenvalue weighted by Crippen LogP contribution is 2.26. The fourth-order valence-corrected chi connectivity index (χ4v) is 1.78. The van der Waals surface area contributed by atoms with Crippen LogP contribution in [0, 0.1) is 0 Å². The van der Waals surface area contributed by atoms with Gasteiger partial charge in [-0.15, -0.1) is 0 Å². The second kappa shape index (κ2) is 6.52. The summed E-state index contributed by atoms with van der Waals surface area (Å²) in [5.74, 6) is -3.23. The van der Waals surface area contributed by atoms with Gasteiger partial charge in [0.2, 0.25) is 0 Å². The third-order valence-electron chi connectivity index (χ3n) is 2.81. The second-order valence-electron chi connectivity index (χ2n) is 4.23. The number of benzene rings is 1. The average Bonchev–Trinajstić information content (AvgIpc) is 2.54. The molecule has 2 rings (SSSR count). The Bertz CT molecular complexity index is 790. The summed E-state index contributed by atoms with van der Waals surface area (Å²) in [6.45, 7) is 0. The van der Waals surface area contributed by atoms with Gasteiger partial charge in [-0.2, -0.15) is 0 Å². The molecule has 0 aliphatic carbocycles. The Morgan fingerprint density at radius 2 is 1.70 bits per heavy atom. The standard InChI is InChI=1S/C14H11N3O6/c1-23-9-3-2-7(13(19)20)6-8(9)17-12(18)10-11(14(21)22)16-5-4-15-10/h2-6H,1H3,(H,17,18)(H,19,20)(H,21,22). The fourth-order valence-electron chi connectivity index (χ4n) is 1.78. The van der Waals surface area contributed by atoms with E-state index in [1.165, 1.54) is 31.5 Å². The number of ether oxygens (including phenoxy) is 1. The van der Waals surface area contributed by atoms with Crippen LogP contribution in [-0.4, -0.2) is 45.1 Å². The monoisotopic (exact) mass is 317 g/mol. The number of carboxylic acid groups (broad SMARTS) is 2. The van der Waals surface area contributed by atoms with Crippen molar-refractivity contribution in [3.05, 3.63) is 47.5 Å². The van der Waals surface area contributed by atoms with E-state index in [1.807, 2.05) is 0 Å². The minimum Gasteiger partial charge on any atom is -0.495 e. The van der Waals surface area contributed by atoms with Crippen LogP contribution < -0.4 is 10.1 Å². The van der Waals surface area contributed by atoms with E-state index in [2.05, 4.69) is 15.3 Å². The second-order valence-corrected chi connectivity index (χ2v) is 4.23. The topological polar surface area (TPSA) is 139 Å². The minimum absolute atomic E-state index is 0.0689. The number of nitrogens with one attached hydrogen (secondary N) is 1. The zero-order valence-corrected chi connectivity index (χ0v) is 11.8. The summed E-state index contributed by atoms with van der Waals surface area (Å²) in [6.07, 6.45) is 2.32. The maximum Gasteiger partial charge on any atom is 0.356 e. The summed E-state index contributed by atoms with van der Waals surface area (Å²) in [6, 6.07) is 3.87. The third kappa shape index (κ3) is 3.40. The van der Waals surface area contributed by atoms with Crippen molar-refractivity contribution < 1.29 is 29.3 Å². The highest BCUT2D eigenvalue weighted by molar-refractivity contribution is 6.09. The highest BCUT2D eigenvalue weighted by atomic mass is 16.5. The van der Waals surface area contributed by atoms with Crippen molar-refractivity contribution in [3.8, 4) is 5.75 Å². The Morgan fingerprint density at radius 1 is 1.04 bits per heavy atom. The lowest BCUT2D eigenvalue weighted by molar-refractivity contribution is 0.0680. The number of methoxy groups -OCH3 is 1. The van der Waals surface area contributed by atoms with Gasteiger partial charge < -0.3 is 20.3 Å². The summed E-state index contributed by atoms with van der Waals surface area (Å²) in [7, 11) is 1.34. The molecular weight excluding hydrogens is 306 g/mol. The van der Waals surface area contributed by atoms with Gasteiger partial charge in [0.15, 0.2) is 11.4 Å². The van der Waals surface area contributed by atoms with Gasteiger partial charge in [0.1, 0.15) is 5.75 Å². The molecule has 23 heavy (non-hydrogen) atoms. The SMILES string of the molecule is COc1ccc(C(=O)O)cc1NC(=O)c1nccnc1C(=O)O. The first-order chi connectivity index (χ1) is 10.9. The van der Waals surface area contributed by atoms with Crippen LogP contribution in [0.4, 0.5) is 5.69 Å². The van der Waals surface area contributed by atoms with Crippen molar-refractivity contribution in [2.75, 3.05) is 12.4 Å². The van der Waals surface area contributed by atoms with Crippen LogP contribution in [0.5, 0.6) is 5.75 Å². The summed E-state index contributed by atoms with van der Waals surface area (Å²) in [5, 5.41) is 20.4. The molecule has 1 aromatic carbocycles. The van der Waals surface area contributed by atoms with Crippen LogP contribution in [0.2, 0.25) is 0 Å². The van der Waals surface area contributed by atoms with Crippen molar-refractivity contribution in [3.63, 3.8) is 0 Å². The molecule has 1 amide bonds. The summed E-state index contributed by atoms with van der Waals surface area (Å²) in [5.41, 5.74) is -0.917. The molecule has 0 saturated carbocycles. The molecular formula is C14H11N3O6. The van der Waals surface area contributed by atoms with Gasteiger partial charge >= 0.3 is 11.9 Å². The molecule has 0 atom stereocenters. The lowest BCUT2D eigenvalue weighted by atomic mass is 10.1. The van der Waals surface area contributed by atoms with Gasteiger partial charge in [-0.05, 0) is 18.2 Å². The number of carbonyl (C=O) groups is 3. The Morgan fingerprint density at radius 3 is 2.26 bits per heavy atom. The molecule has 118 valence electrons. The van der Waals surface area contributed by atoms with Crippen molar-refractivity contribution in [1.29, 1.82) is 0 Å². The molecule has 0 aliphatic heterocycles. The molecule has 1 aromatic heterocycles. The zero-order valence-electron chi connectivity index (χ0n) is 11.8. The maximum atomic E-state index is 12.2. The number of aromatic carboxylic acids is 2. The number of anilines is 1. The molecule has 0 radical (unpaired) electrons. The van der Waals surface area contributed by atoms with Gasteiger partial charge in [-0.3, -0.25) is 4.79 Å². The number of carboxylic acids is 2. The van der Waals surface area contributed by atoms with Crippen LogP contribution in [-0.2, 0) is 0 Å². The van der Waals surface area contributed by atoms with E-state index in [-0.39, 0.29) is 17.0 Å². The van der Waals surface area contributed by atoms with Crippen molar-refractivity contribution in [2.45, 2.75) is 0 Å². The first-order valence-electron chi connectivity index (χ1n) is 6.21. The molecule has 0 aliphatic rings. The molecule has 0 fully saturated rings. The van der Waals surface area contributed by atoms with E-state index in [1.54, 1.807) is 0 Å². The molecule has 0 unspecified atom stereocenters. The van der Waals surface area contributed by atoms with Crippen LogP contribution >= 0.6 is 0 Å². The van der Waals surface area contributed by atoms with Gasteiger partial charge in [0.25, 0.3) is 5.91 Å². The summed E-state index contributed by atoms with van der Waals surface area (Å²) >= 11 is 0. The predicted octanol–water partition coefficient (Wildman–Crippen LogP) is 1.13. The van der Waals surface area contributed by atoms with Gasteiger partial charge in [0.05, 0.1) is 18.4 Å². The predicted molar refractivity (Wildman–Crippen MR) is 76.9 cm³/mol. The van der Waals surface area contributed by atoms with Gasteiger partial charge in [-0.1, -0.05) is 0 Å². The quantitative estimate of drug-likeness (QED) is 0.746. The fraction of sp³-hybridized carbons (Fsp3) is 0.0714. The number of rotatable bonds is 5. The number of aromatic nitrogens is 2. The normalized spacial score (nSPS) is 9.96. The van der Waals surface area contributed by atoms with Crippen LogP contribution in [0.25, 0.3) is 0 Å². The van der Waals surface area contributed by atoms with Crippen LogP contribution in [0.1, 0.15) is 31.3 Å². The smallest absolute Gasteiger partial charge is 0.356 e. The molecule has 0 bridgehead atoms. The number of nitrogens with zero attached hydrogens (tertiary/aromatic N) is 2. The Balaban J connectivity index is 2.39. The van der Waals surface area contributed by atoms with Crippen molar-refractivity contribution >= 4 is 23.5 Å². The van der Waals surface area contributed by atoms with E-state index >= 15 is 0 Å². The molecule has 0 saturated heterocycles. The zero-order chi connectivity index (χ0) is 17.0. The molecule has 0 spiro atoms. The largest absolute Gasteiger partial charge is 0.495 e. The first kappa shape index (κ1) is 15.9. The molecule has 1 heterocycles. The maximum absolute atomic E-state index is 12.2. The van der Waals surface area contributed by atoms with Gasteiger partial charge in [0, 0.05) is 12.4 Å². The van der Waals surface area contributed by atoms with E-state index < -0.39 is 29.2 Å². The lowest BCUT2D eigenvalue weighted by Crippen LogP contribution is -2.20. The van der Waals surface area contributed by atoms with E-state index in [4.69, 9.17) is 14.9 Å². The Kier molecular flexibility index (Phi) is 4.50. The molecule has 2 aromatic rings. The lowest BCUT2D eigenvalue weighted by Gasteiger charge is -2.11. The number of hydrogen-bond acceptors (Lipinski definition) is 6. The van der Waals surface area contributed by atoms with E-state index in [0.29, 0.717) is 0 Å². The number of amides is 1. The molecule has 9 nitrogen and oxygen atoms in total. The molecule has 9 heteroatoms. The van der Waals surface area contributed by atoms with Crippen molar-refractivity contribution in [1.82, 2.24) is 9.97 Å². The summed E-state index contributed by atoms with van der Waals surface area (Å²) in [4.78, 5) is 41.5. The van der Waals surface area contributed by atoms with Crippen LogP contribution in [0.15, 0.2) is 30.6 Å². The van der Waals surface area contributed by atoms with Crippen LogP contribution in [0.3, 0.4) is 0 Å². The van der Waals surface area contributed by atoms with E-state index in [9.17, 15) is 14.4 Å². The number of hydrogen-bond donors (Lipinski definition) is 3. The van der Waals surface area contributed by atoms with E-state index in [0.717, 1.165) is 6.20 Å². The minimum atomic E-state index is -1.41. The number of carbonyl (C=O) groups excluding carboxylic acids is 1. The Labute approximate surface area is 129 Å². The third-order valence-corrected chi connectivity index (χ3v) is 2.81. The first-order valence-corrected chi connectivity index (χ1v) is 6.21. The van der Waals surface area contributed by atoms with Gasteiger partial charge in [-0.25, -0.2) is 19.6 Å². The van der Waals surface area contributed by atoms with Crippen molar-refractivity contribution in [2.24, 2.45) is 0 Å². The summed E-state index contributed by atoms with van der Waals surface area (Å²) < 4.78 is 5.03. The highest BCUT2D eigenvalue weighted by Gasteiger charge is 2.21. The molecule has 3 N–H and O–H groups in total. The Hall–Kier alpha value is -3.49.